The lowest BCUT2D eigenvalue weighted by molar-refractivity contribution is -0.269. The van der Waals surface area contributed by atoms with Gasteiger partial charge in [-0.05, 0) is 131 Å². The number of nitrogens with two attached hydrogens (primary N) is 1. The van der Waals surface area contributed by atoms with Crippen molar-refractivity contribution in [2.45, 2.75) is 165 Å². The van der Waals surface area contributed by atoms with Gasteiger partial charge < -0.3 is 79.5 Å². The molecule has 6 aromatic rings. The van der Waals surface area contributed by atoms with Crippen LogP contribution in [-0.4, -0.2) is 171 Å². The number of esters is 4. The maximum Gasteiger partial charge on any atom is 0.408 e. The summed E-state index contributed by atoms with van der Waals surface area (Å²) in [4.78, 5) is 127. The Morgan fingerprint density at radius 1 is 0.477 bits per heavy atom. The molecule has 2 fully saturated rings. The summed E-state index contributed by atoms with van der Waals surface area (Å²) in [6.07, 6.45) is -2.21. The largest absolute Gasteiger partial charge is 0.479 e. The standard InChI is InChI=1S/C40H47N3O10.C22H23NO6.C19H27NO5/c1-38(2,3)53-33(44)21-32(35(46)49-6)41-34(45)31(20-25-14-8-7-9-15-25)42-36(47)40(23-51-39(4,5)52-24-40)43-37(48)50-22-30-28-18-12-10-16-26(28)27-17-11-13-19-29(27)30;1-21(2)28-12-22(13-29-21,19(24)25)23-20(26)27-11-18-16-9-5-3-7-14(16)15-8-4-6-10-17(15)18;1-19(2,3)25-17(22)12-14(18(23)24-4)11-16(21)15(20)10-13-8-6-5-7-9-13/h7-19,30-32H,20-24H2,1-6H3,(H,41,45)(H,42,47)(H,43,48);3-10,18H,11-13H2,1-2H3,(H,23,26)(H,24,25);5-9,14-15H,10-12,20H2,1-4H3/t31-,32-;;14-,15-/m0.0/s1. The maximum atomic E-state index is 14.3. The van der Waals surface area contributed by atoms with Crippen LogP contribution in [0.5, 0.6) is 0 Å². The maximum absolute atomic E-state index is 14.3. The Labute approximate surface area is 622 Å². The van der Waals surface area contributed by atoms with Crippen LogP contribution in [0, 0.1) is 5.92 Å². The van der Waals surface area contributed by atoms with Crippen molar-refractivity contribution in [1.82, 2.24) is 21.3 Å². The van der Waals surface area contributed by atoms with Gasteiger partial charge in [0.1, 0.15) is 36.5 Å². The number of ketones is 1. The summed E-state index contributed by atoms with van der Waals surface area (Å²) >= 11 is 0. The molecule has 0 radical (unpaired) electrons. The fraction of sp³-hybridized carbons (Fsp3) is 0.432. The number of nitrogens with one attached hydrogen (secondary N) is 4. The van der Waals surface area contributed by atoms with Crippen LogP contribution in [-0.2, 0) is 98.6 Å². The Kier molecular flexibility index (Phi) is 27.5. The van der Waals surface area contributed by atoms with Gasteiger partial charge in [-0.1, -0.05) is 158 Å². The molecule has 0 aromatic heterocycles. The predicted octanol–water partition coefficient (Wildman–Crippen LogP) is 9.33. The number of hydrogen-bond donors (Lipinski definition) is 6. The molecule has 4 atom stereocenters. The summed E-state index contributed by atoms with van der Waals surface area (Å²) in [5.74, 6) is -9.07. The van der Waals surface area contributed by atoms with Crippen LogP contribution in [0.3, 0.4) is 0 Å². The van der Waals surface area contributed by atoms with E-state index < -0.39 is 118 Å². The fourth-order valence-electron chi connectivity index (χ4n) is 12.4. The van der Waals surface area contributed by atoms with Crippen LogP contribution < -0.4 is 27.0 Å². The van der Waals surface area contributed by atoms with Gasteiger partial charge in [-0.3, -0.25) is 28.8 Å². The molecule has 2 saturated heterocycles. The van der Waals surface area contributed by atoms with Gasteiger partial charge in [0.05, 0.1) is 65.4 Å². The topological polar surface area (TPSA) is 357 Å². The van der Waals surface area contributed by atoms with Crippen LogP contribution in [0.15, 0.2) is 158 Å². The predicted molar refractivity (Wildman–Crippen MR) is 392 cm³/mol. The van der Waals surface area contributed by atoms with Crippen molar-refractivity contribution >= 4 is 59.6 Å². The molecule has 0 saturated carbocycles. The third-order valence-corrected chi connectivity index (χ3v) is 17.9. The van der Waals surface area contributed by atoms with Crippen molar-refractivity contribution in [2.24, 2.45) is 11.7 Å². The van der Waals surface area contributed by atoms with E-state index in [-0.39, 0.29) is 76.5 Å². The second-order valence-electron chi connectivity index (χ2n) is 29.4. The second kappa shape index (κ2) is 35.8. The molecule has 6 aromatic carbocycles. The molecule has 107 heavy (non-hydrogen) atoms. The van der Waals surface area contributed by atoms with Crippen molar-refractivity contribution in [1.29, 1.82) is 0 Å². The molecule has 0 spiro atoms. The zero-order chi connectivity index (χ0) is 78.1. The summed E-state index contributed by atoms with van der Waals surface area (Å²) < 4.78 is 53.9. The highest BCUT2D eigenvalue weighted by Crippen LogP contribution is 2.46. The van der Waals surface area contributed by atoms with E-state index in [0.717, 1.165) is 57.2 Å². The molecule has 10 rings (SSSR count). The number of methoxy groups -OCH3 is 2. The van der Waals surface area contributed by atoms with Gasteiger partial charge in [-0.15, -0.1) is 0 Å². The summed E-state index contributed by atoms with van der Waals surface area (Å²) in [5.41, 5.74) is 11.2. The number of carbonyl (C=O) groups is 10. The summed E-state index contributed by atoms with van der Waals surface area (Å²) in [6.45, 7) is 16.0. The molecule has 26 heteroatoms. The smallest absolute Gasteiger partial charge is 0.408 e. The van der Waals surface area contributed by atoms with Crippen LogP contribution in [0.4, 0.5) is 9.59 Å². The van der Waals surface area contributed by atoms with E-state index >= 15 is 0 Å². The van der Waals surface area contributed by atoms with Crippen LogP contribution in [0.25, 0.3) is 22.3 Å². The molecule has 572 valence electrons. The number of carboxylic acid groups (broad SMARTS) is 1. The van der Waals surface area contributed by atoms with Gasteiger partial charge in [-0.2, -0.15) is 0 Å². The van der Waals surface area contributed by atoms with Crippen molar-refractivity contribution in [3.63, 3.8) is 0 Å². The van der Waals surface area contributed by atoms with Crippen molar-refractivity contribution in [2.75, 3.05) is 53.9 Å². The number of fused-ring (bicyclic) bond motifs is 6. The number of aliphatic carboxylic acids is 1. The van der Waals surface area contributed by atoms with Gasteiger partial charge in [0, 0.05) is 24.7 Å². The molecule has 4 aliphatic rings. The monoisotopic (exact) mass is 1480 g/mol. The molecule has 7 N–H and O–H groups in total. The first-order valence-electron chi connectivity index (χ1n) is 35.2. The lowest BCUT2D eigenvalue weighted by atomic mass is 9.93. The summed E-state index contributed by atoms with van der Waals surface area (Å²) in [6, 6.07) is 46.7. The van der Waals surface area contributed by atoms with E-state index in [9.17, 15) is 53.1 Å². The zero-order valence-electron chi connectivity index (χ0n) is 62.4. The van der Waals surface area contributed by atoms with Gasteiger partial charge in [-0.25, -0.2) is 19.2 Å². The lowest BCUT2D eigenvalue weighted by Gasteiger charge is -2.42. The molecule has 2 aliphatic heterocycles. The van der Waals surface area contributed by atoms with E-state index in [0.29, 0.717) is 12.0 Å². The minimum Gasteiger partial charge on any atom is -0.479 e. The number of alkyl carbamates (subject to hydrolysis) is 2. The number of benzene rings is 6. The lowest BCUT2D eigenvalue weighted by Crippen LogP contribution is -2.70. The molecule has 0 bridgehead atoms. The number of rotatable bonds is 24. The number of amides is 4. The van der Waals surface area contributed by atoms with Crippen LogP contribution in [0.2, 0.25) is 0 Å². The Morgan fingerprint density at radius 2 is 0.841 bits per heavy atom. The number of ether oxygens (including phenoxy) is 10. The van der Waals surface area contributed by atoms with Crippen molar-refractivity contribution < 1.29 is 100 Å². The molecular weight excluding hydrogens is 1380 g/mol. The third-order valence-electron chi connectivity index (χ3n) is 17.9. The minimum absolute atomic E-state index is 0.00360. The summed E-state index contributed by atoms with van der Waals surface area (Å²) in [5, 5.41) is 20.0. The molecule has 26 nitrogen and oxygen atoms in total. The molecule has 2 heterocycles. The highest BCUT2D eigenvalue weighted by molar-refractivity contribution is 5.97. The fourth-order valence-corrected chi connectivity index (χ4v) is 12.4. The first-order valence-corrected chi connectivity index (χ1v) is 35.2. The van der Waals surface area contributed by atoms with E-state index in [2.05, 4.69) is 21.3 Å². The third kappa shape index (κ3) is 22.8. The average Bonchev–Trinajstić information content (AvgIpc) is 1.70. The quantitative estimate of drug-likeness (QED) is 0.0243. The Balaban J connectivity index is 0.000000224. The van der Waals surface area contributed by atoms with Crippen molar-refractivity contribution in [3.05, 3.63) is 191 Å². The number of hydrogen-bond acceptors (Lipinski definition) is 21. The Bertz CT molecular complexity index is 4040. The molecule has 4 amide bonds. The molecular formula is C81H97N5O21. The molecule has 0 unspecified atom stereocenters. The van der Waals surface area contributed by atoms with Crippen molar-refractivity contribution in [3.8, 4) is 22.3 Å². The zero-order valence-corrected chi connectivity index (χ0v) is 62.4. The number of carbonyl (C=O) groups excluding carboxylic acids is 9. The van der Waals surface area contributed by atoms with Gasteiger partial charge in [0.15, 0.2) is 28.4 Å². The van der Waals surface area contributed by atoms with E-state index in [1.54, 1.807) is 99.6 Å². The Hall–Kier alpha value is -10.4. The first kappa shape index (κ1) is 82.3. The number of Topliss-reactive ketones (excluding diaryl/α,β-unsaturated/α-hetero) is 1. The minimum atomic E-state index is -1.81. The van der Waals surface area contributed by atoms with Crippen LogP contribution >= 0.6 is 0 Å². The van der Waals surface area contributed by atoms with Gasteiger partial charge in [0.25, 0.3) is 5.91 Å². The Morgan fingerprint density at radius 3 is 1.23 bits per heavy atom. The van der Waals surface area contributed by atoms with E-state index in [4.69, 9.17) is 53.1 Å². The van der Waals surface area contributed by atoms with Gasteiger partial charge in [0.2, 0.25) is 5.91 Å². The first-order chi connectivity index (χ1) is 50.5. The SMILES string of the molecule is CC1(C)OCC(NC(=O)OCC2c3ccccc3-c3ccccc32)(C(=O)O)CO1.COC(=O)[C@H](CC(=O)OC(C)(C)C)CC(=O)[C@@H](N)Cc1ccccc1.COC(=O)[C@H](CC(=O)OC(C)(C)C)NC(=O)[C@H](Cc1ccccc1)NC(=O)C1(NC(=O)OCC2c3ccccc3-c3ccccc32)COC(C)(C)OC1. The molecule has 2 aliphatic carbocycles. The second-order valence-corrected chi connectivity index (χ2v) is 29.4. The normalized spacial score (nSPS) is 16.7. The summed E-state index contributed by atoms with van der Waals surface area (Å²) in [7, 11) is 2.35. The van der Waals surface area contributed by atoms with E-state index in [1.165, 1.54) is 7.11 Å². The number of carboxylic acids is 1. The van der Waals surface area contributed by atoms with Gasteiger partial charge >= 0.3 is 42.0 Å². The van der Waals surface area contributed by atoms with Crippen LogP contribution in [0.1, 0.15) is 134 Å². The van der Waals surface area contributed by atoms with E-state index in [1.807, 2.05) is 127 Å². The highest BCUT2D eigenvalue weighted by atomic mass is 16.7. The highest BCUT2D eigenvalue weighted by Gasteiger charge is 2.50. The average molecular weight is 1480 g/mol.